The minimum absolute atomic E-state index is 0.266. The molecule has 0 aromatic heterocycles. The molecule has 0 spiro atoms. The van der Waals surface area contributed by atoms with Gasteiger partial charge in [0.05, 0.1) is 18.9 Å². The van der Waals surface area contributed by atoms with Gasteiger partial charge >= 0.3 is 0 Å². The van der Waals surface area contributed by atoms with Crippen LogP contribution < -0.4 is 15.1 Å². The van der Waals surface area contributed by atoms with Gasteiger partial charge in [-0.1, -0.05) is 12.1 Å². The first-order valence-electron chi connectivity index (χ1n) is 8.70. The van der Waals surface area contributed by atoms with Gasteiger partial charge in [0.15, 0.2) is 0 Å². The molecule has 0 atom stereocenters. The number of piperidine rings is 1. The van der Waals surface area contributed by atoms with Crippen molar-refractivity contribution in [2.24, 2.45) is 5.10 Å². The molecule has 3 rings (SSSR count). The molecule has 2 aromatic rings. The number of amides is 1. The number of carbonyl (C=O) groups excluding carboxylic acids is 1. The van der Waals surface area contributed by atoms with Gasteiger partial charge in [0, 0.05) is 34.9 Å². The van der Waals surface area contributed by atoms with Crippen LogP contribution in [0.3, 0.4) is 0 Å². The summed E-state index contributed by atoms with van der Waals surface area (Å²) in [5.74, 6) is 0.476. The summed E-state index contributed by atoms with van der Waals surface area (Å²) in [5.41, 5.74) is 5.07. The van der Waals surface area contributed by atoms with Crippen molar-refractivity contribution in [1.82, 2.24) is 5.43 Å². The molecule has 1 N–H and O–H groups in total. The predicted octanol–water partition coefficient (Wildman–Crippen LogP) is 4.21. The van der Waals surface area contributed by atoms with E-state index in [1.807, 2.05) is 30.3 Å². The number of hydrazone groups is 1. The molecule has 1 aliphatic heterocycles. The van der Waals surface area contributed by atoms with Gasteiger partial charge in [-0.2, -0.15) is 5.10 Å². The van der Waals surface area contributed by atoms with Gasteiger partial charge in [-0.05, 0) is 59.5 Å². The van der Waals surface area contributed by atoms with Gasteiger partial charge in [-0.25, -0.2) is 5.43 Å². The van der Waals surface area contributed by atoms with Gasteiger partial charge in [0.25, 0.3) is 5.91 Å². The molecular formula is C20H22BrN3O2. The Labute approximate surface area is 162 Å². The molecule has 1 aliphatic rings. The fraction of sp³-hybridized carbons (Fsp3) is 0.300. The molecule has 1 heterocycles. The summed E-state index contributed by atoms with van der Waals surface area (Å²) >= 11 is 3.36. The average molecular weight is 416 g/mol. The fourth-order valence-corrected chi connectivity index (χ4v) is 3.49. The maximum absolute atomic E-state index is 12.2. The summed E-state index contributed by atoms with van der Waals surface area (Å²) in [6, 6.07) is 13.3. The standard InChI is InChI=1S/C20H22BrN3O2/c1-26-19-13-16(24-11-5-2-6-12-24)10-9-15(19)14-22-23-20(25)17-7-3-4-8-18(17)21/h3-4,7-10,13-14H,2,5-6,11-12H2,1H3,(H,23,25)/b22-14-. The molecule has 1 fully saturated rings. The van der Waals surface area contributed by atoms with E-state index in [0.29, 0.717) is 5.56 Å². The lowest BCUT2D eigenvalue weighted by molar-refractivity contribution is 0.0954. The summed E-state index contributed by atoms with van der Waals surface area (Å²) < 4.78 is 6.23. The number of ether oxygens (including phenoxy) is 1. The Kier molecular flexibility index (Phi) is 6.28. The molecule has 1 saturated heterocycles. The van der Waals surface area contributed by atoms with E-state index in [2.05, 4.69) is 37.4 Å². The van der Waals surface area contributed by atoms with Crippen LogP contribution in [0.5, 0.6) is 5.75 Å². The Bertz CT molecular complexity index is 801. The Morgan fingerprint density at radius 1 is 1.19 bits per heavy atom. The van der Waals surface area contributed by atoms with Crippen molar-refractivity contribution in [3.05, 3.63) is 58.1 Å². The summed E-state index contributed by atoms with van der Waals surface area (Å²) in [6.07, 6.45) is 5.36. The number of halogens is 1. The molecular weight excluding hydrogens is 394 g/mol. The summed E-state index contributed by atoms with van der Waals surface area (Å²) in [4.78, 5) is 14.6. The molecule has 0 radical (unpaired) electrons. The van der Waals surface area contributed by atoms with Crippen LogP contribution in [0, 0.1) is 0 Å². The van der Waals surface area contributed by atoms with Gasteiger partial charge in [0.2, 0.25) is 0 Å². The number of nitrogens with one attached hydrogen (secondary N) is 1. The smallest absolute Gasteiger partial charge is 0.272 e. The van der Waals surface area contributed by atoms with E-state index in [1.165, 1.54) is 19.3 Å². The molecule has 0 unspecified atom stereocenters. The number of nitrogens with zero attached hydrogens (tertiary/aromatic N) is 2. The third kappa shape index (κ3) is 4.43. The summed E-state index contributed by atoms with van der Waals surface area (Å²) in [6.45, 7) is 2.16. The van der Waals surface area contributed by atoms with Crippen molar-refractivity contribution < 1.29 is 9.53 Å². The molecule has 1 amide bonds. The van der Waals surface area contributed by atoms with E-state index in [4.69, 9.17) is 4.74 Å². The van der Waals surface area contributed by atoms with E-state index in [-0.39, 0.29) is 5.91 Å². The first kappa shape index (κ1) is 18.5. The second-order valence-electron chi connectivity index (χ2n) is 6.15. The maximum Gasteiger partial charge on any atom is 0.272 e. The van der Waals surface area contributed by atoms with Crippen molar-refractivity contribution in [2.75, 3.05) is 25.1 Å². The normalized spacial score (nSPS) is 14.5. The first-order valence-corrected chi connectivity index (χ1v) is 9.49. The van der Waals surface area contributed by atoms with Crippen molar-refractivity contribution in [1.29, 1.82) is 0 Å². The molecule has 0 aliphatic carbocycles. The number of methoxy groups -OCH3 is 1. The number of hydrogen-bond acceptors (Lipinski definition) is 4. The van der Waals surface area contributed by atoms with Crippen LogP contribution in [0.2, 0.25) is 0 Å². The van der Waals surface area contributed by atoms with Crippen LogP contribution in [-0.2, 0) is 0 Å². The van der Waals surface area contributed by atoms with E-state index in [1.54, 1.807) is 19.4 Å². The minimum atomic E-state index is -0.266. The summed E-state index contributed by atoms with van der Waals surface area (Å²) in [5, 5.41) is 4.07. The molecule has 136 valence electrons. The SMILES string of the molecule is COc1cc(N2CCCCC2)ccc1/C=N\NC(=O)c1ccccc1Br. The highest BCUT2D eigenvalue weighted by atomic mass is 79.9. The number of carbonyl (C=O) groups is 1. The zero-order valence-electron chi connectivity index (χ0n) is 14.7. The predicted molar refractivity (Wildman–Crippen MR) is 108 cm³/mol. The highest BCUT2D eigenvalue weighted by Crippen LogP contribution is 2.26. The topological polar surface area (TPSA) is 53.9 Å². The molecule has 0 bridgehead atoms. The van der Waals surface area contributed by atoms with Crippen LogP contribution in [0.15, 0.2) is 52.0 Å². The zero-order chi connectivity index (χ0) is 18.4. The molecule has 2 aromatic carbocycles. The van der Waals surface area contributed by atoms with Crippen LogP contribution in [0.1, 0.15) is 35.2 Å². The number of anilines is 1. The van der Waals surface area contributed by atoms with E-state index < -0.39 is 0 Å². The maximum atomic E-state index is 12.2. The number of rotatable bonds is 5. The molecule has 6 heteroatoms. The van der Waals surface area contributed by atoms with Crippen molar-refractivity contribution >= 4 is 33.7 Å². The van der Waals surface area contributed by atoms with Crippen LogP contribution in [-0.4, -0.2) is 32.3 Å². The second kappa shape index (κ2) is 8.85. The first-order chi connectivity index (χ1) is 12.7. The lowest BCUT2D eigenvalue weighted by atomic mass is 10.1. The third-order valence-electron chi connectivity index (χ3n) is 4.43. The quantitative estimate of drug-likeness (QED) is 0.587. The van der Waals surface area contributed by atoms with Crippen LogP contribution in [0.25, 0.3) is 0 Å². The zero-order valence-corrected chi connectivity index (χ0v) is 16.3. The fourth-order valence-electron chi connectivity index (χ4n) is 3.02. The van der Waals surface area contributed by atoms with Crippen molar-refractivity contribution in [3.63, 3.8) is 0 Å². The van der Waals surface area contributed by atoms with Crippen LogP contribution in [0.4, 0.5) is 5.69 Å². The summed E-state index contributed by atoms with van der Waals surface area (Å²) in [7, 11) is 1.65. The third-order valence-corrected chi connectivity index (χ3v) is 5.12. The molecule has 5 nitrogen and oxygen atoms in total. The Morgan fingerprint density at radius 3 is 2.69 bits per heavy atom. The lowest BCUT2D eigenvalue weighted by Crippen LogP contribution is -2.29. The molecule has 26 heavy (non-hydrogen) atoms. The highest BCUT2D eigenvalue weighted by Gasteiger charge is 2.13. The minimum Gasteiger partial charge on any atom is -0.496 e. The van der Waals surface area contributed by atoms with Gasteiger partial charge in [-0.15, -0.1) is 0 Å². The monoisotopic (exact) mass is 415 g/mol. The Morgan fingerprint density at radius 2 is 1.96 bits per heavy atom. The Balaban J connectivity index is 1.69. The largest absolute Gasteiger partial charge is 0.496 e. The van der Waals surface area contributed by atoms with Gasteiger partial charge < -0.3 is 9.64 Å². The van der Waals surface area contributed by atoms with E-state index in [9.17, 15) is 4.79 Å². The number of hydrogen-bond donors (Lipinski definition) is 1. The lowest BCUT2D eigenvalue weighted by Gasteiger charge is -2.29. The Hall–Kier alpha value is -2.34. The number of benzene rings is 2. The van der Waals surface area contributed by atoms with E-state index >= 15 is 0 Å². The van der Waals surface area contributed by atoms with E-state index in [0.717, 1.165) is 34.6 Å². The van der Waals surface area contributed by atoms with Gasteiger partial charge in [-0.3, -0.25) is 4.79 Å². The highest BCUT2D eigenvalue weighted by molar-refractivity contribution is 9.10. The van der Waals surface area contributed by atoms with Gasteiger partial charge in [0.1, 0.15) is 5.75 Å². The average Bonchev–Trinajstić information content (AvgIpc) is 2.69. The molecule has 0 saturated carbocycles. The second-order valence-corrected chi connectivity index (χ2v) is 7.01. The van der Waals surface area contributed by atoms with Crippen molar-refractivity contribution in [3.8, 4) is 5.75 Å². The van der Waals surface area contributed by atoms with Crippen LogP contribution >= 0.6 is 15.9 Å². The van der Waals surface area contributed by atoms with Crippen molar-refractivity contribution in [2.45, 2.75) is 19.3 Å².